The highest BCUT2D eigenvalue weighted by Gasteiger charge is 2.09. The Bertz CT molecular complexity index is 638. The maximum atomic E-state index is 12.0. The average Bonchev–Trinajstić information content (AvgIpc) is 2.46. The number of thiol groups is 1. The van der Waals surface area contributed by atoms with Crippen LogP contribution in [0.3, 0.4) is 0 Å². The van der Waals surface area contributed by atoms with Gasteiger partial charge in [0, 0.05) is 24.6 Å². The summed E-state index contributed by atoms with van der Waals surface area (Å²) in [5.74, 6) is 0.726. The molecule has 0 saturated carbocycles. The fourth-order valence-corrected chi connectivity index (χ4v) is 2.26. The molecule has 20 heavy (non-hydrogen) atoms. The number of nitrogens with zero attached hydrogens (tertiary/aromatic N) is 1. The summed E-state index contributed by atoms with van der Waals surface area (Å²) in [5, 5.41) is 0. The SMILES string of the molecule is COc1ccc(-c2cccc(C(=O)N(C)C)c2)cc1S. The van der Waals surface area contributed by atoms with Crippen molar-refractivity contribution in [2.75, 3.05) is 21.2 Å². The summed E-state index contributed by atoms with van der Waals surface area (Å²) in [6.45, 7) is 0. The number of hydrogen-bond donors (Lipinski definition) is 1. The standard InChI is InChI=1S/C16H17NO2S/c1-17(2)16(18)13-6-4-5-11(9-13)12-7-8-14(19-3)15(20)10-12/h4-10,20H,1-3H3. The average molecular weight is 287 g/mol. The number of benzene rings is 2. The molecule has 0 spiro atoms. The van der Waals surface area contributed by atoms with E-state index in [1.165, 1.54) is 0 Å². The Morgan fingerprint density at radius 3 is 2.40 bits per heavy atom. The van der Waals surface area contributed by atoms with Gasteiger partial charge in [-0.15, -0.1) is 12.6 Å². The minimum atomic E-state index is -0.00791. The van der Waals surface area contributed by atoms with Gasteiger partial charge < -0.3 is 9.64 Å². The molecule has 0 aromatic heterocycles. The molecule has 0 radical (unpaired) electrons. The molecule has 2 rings (SSSR count). The summed E-state index contributed by atoms with van der Waals surface area (Å²) in [6.07, 6.45) is 0. The molecule has 4 heteroatoms. The minimum absolute atomic E-state index is 0.00791. The van der Waals surface area contributed by atoms with Gasteiger partial charge in [-0.1, -0.05) is 18.2 Å². The third-order valence-electron chi connectivity index (χ3n) is 3.03. The topological polar surface area (TPSA) is 29.5 Å². The maximum Gasteiger partial charge on any atom is 0.253 e. The van der Waals surface area contributed by atoms with Gasteiger partial charge in [-0.05, 0) is 35.4 Å². The van der Waals surface area contributed by atoms with Gasteiger partial charge in [0.05, 0.1) is 7.11 Å². The molecule has 1 amide bonds. The van der Waals surface area contributed by atoms with Crippen molar-refractivity contribution in [2.45, 2.75) is 4.90 Å². The van der Waals surface area contributed by atoms with E-state index in [-0.39, 0.29) is 5.91 Å². The van der Waals surface area contributed by atoms with Gasteiger partial charge >= 0.3 is 0 Å². The molecule has 0 unspecified atom stereocenters. The monoisotopic (exact) mass is 287 g/mol. The molecule has 0 bridgehead atoms. The number of carbonyl (C=O) groups is 1. The third-order valence-corrected chi connectivity index (χ3v) is 3.38. The van der Waals surface area contributed by atoms with E-state index in [0.29, 0.717) is 5.56 Å². The minimum Gasteiger partial charge on any atom is -0.496 e. The maximum absolute atomic E-state index is 12.0. The van der Waals surface area contributed by atoms with Gasteiger partial charge in [-0.25, -0.2) is 0 Å². The quantitative estimate of drug-likeness (QED) is 0.877. The summed E-state index contributed by atoms with van der Waals surface area (Å²) in [7, 11) is 5.10. The van der Waals surface area contributed by atoms with E-state index in [0.717, 1.165) is 21.8 Å². The molecular formula is C16H17NO2S. The Balaban J connectivity index is 2.41. The molecule has 104 valence electrons. The first-order valence-electron chi connectivity index (χ1n) is 6.22. The summed E-state index contributed by atoms with van der Waals surface area (Å²) < 4.78 is 5.19. The van der Waals surface area contributed by atoms with Crippen LogP contribution in [0.5, 0.6) is 5.75 Å². The highest BCUT2D eigenvalue weighted by molar-refractivity contribution is 7.80. The summed E-state index contributed by atoms with van der Waals surface area (Å²) >= 11 is 4.40. The molecule has 0 fully saturated rings. The van der Waals surface area contributed by atoms with Crippen LogP contribution in [0.4, 0.5) is 0 Å². The van der Waals surface area contributed by atoms with Crippen LogP contribution in [0, 0.1) is 0 Å². The number of amides is 1. The molecule has 0 saturated heterocycles. The molecule has 0 N–H and O–H groups in total. The van der Waals surface area contributed by atoms with E-state index in [2.05, 4.69) is 12.6 Å². The molecule has 0 atom stereocenters. The predicted octanol–water partition coefficient (Wildman–Crippen LogP) is 3.35. The zero-order valence-electron chi connectivity index (χ0n) is 11.8. The molecule has 2 aromatic carbocycles. The van der Waals surface area contributed by atoms with Crippen molar-refractivity contribution in [3.63, 3.8) is 0 Å². The highest BCUT2D eigenvalue weighted by Crippen LogP contribution is 2.29. The van der Waals surface area contributed by atoms with Gasteiger partial charge in [0.15, 0.2) is 0 Å². The largest absolute Gasteiger partial charge is 0.496 e. The third kappa shape index (κ3) is 2.96. The van der Waals surface area contributed by atoms with E-state index >= 15 is 0 Å². The van der Waals surface area contributed by atoms with Crippen LogP contribution < -0.4 is 4.74 Å². The first-order valence-corrected chi connectivity index (χ1v) is 6.66. The second kappa shape index (κ2) is 6.01. The summed E-state index contributed by atoms with van der Waals surface area (Å²) in [5.41, 5.74) is 2.66. The van der Waals surface area contributed by atoms with E-state index < -0.39 is 0 Å². The van der Waals surface area contributed by atoms with Crippen LogP contribution in [0.25, 0.3) is 11.1 Å². The van der Waals surface area contributed by atoms with Crippen molar-refractivity contribution in [1.29, 1.82) is 0 Å². The van der Waals surface area contributed by atoms with E-state index in [9.17, 15) is 4.79 Å². The zero-order chi connectivity index (χ0) is 14.7. The normalized spacial score (nSPS) is 10.2. The first kappa shape index (κ1) is 14.5. The van der Waals surface area contributed by atoms with Crippen molar-refractivity contribution < 1.29 is 9.53 Å². The molecule has 3 nitrogen and oxygen atoms in total. The van der Waals surface area contributed by atoms with Crippen LogP contribution in [0.2, 0.25) is 0 Å². The van der Waals surface area contributed by atoms with Crippen molar-refractivity contribution in [1.82, 2.24) is 4.90 Å². The lowest BCUT2D eigenvalue weighted by molar-refractivity contribution is 0.0827. The van der Waals surface area contributed by atoms with Gasteiger partial charge in [0.25, 0.3) is 5.91 Å². The number of carbonyl (C=O) groups excluding carboxylic acids is 1. The second-order valence-corrected chi connectivity index (χ2v) is 5.15. The van der Waals surface area contributed by atoms with Crippen molar-refractivity contribution >= 4 is 18.5 Å². The van der Waals surface area contributed by atoms with Crippen LogP contribution in [0.15, 0.2) is 47.4 Å². The van der Waals surface area contributed by atoms with E-state index in [1.54, 1.807) is 26.1 Å². The van der Waals surface area contributed by atoms with Crippen LogP contribution >= 0.6 is 12.6 Å². The lowest BCUT2D eigenvalue weighted by Crippen LogP contribution is -2.21. The summed E-state index contributed by atoms with van der Waals surface area (Å²) in [6, 6.07) is 13.3. The fraction of sp³-hybridized carbons (Fsp3) is 0.188. The zero-order valence-corrected chi connectivity index (χ0v) is 12.6. The highest BCUT2D eigenvalue weighted by atomic mass is 32.1. The molecule has 2 aromatic rings. The van der Waals surface area contributed by atoms with Crippen LogP contribution in [-0.4, -0.2) is 32.0 Å². The molecular weight excluding hydrogens is 270 g/mol. The van der Waals surface area contributed by atoms with Crippen molar-refractivity contribution in [3.8, 4) is 16.9 Å². The fourth-order valence-electron chi connectivity index (χ4n) is 1.96. The molecule has 0 aliphatic rings. The Morgan fingerprint density at radius 2 is 1.80 bits per heavy atom. The molecule has 0 aliphatic carbocycles. The lowest BCUT2D eigenvalue weighted by Gasteiger charge is -2.12. The second-order valence-electron chi connectivity index (χ2n) is 4.67. The van der Waals surface area contributed by atoms with Crippen LogP contribution in [-0.2, 0) is 0 Å². The number of rotatable bonds is 3. The Labute approximate surface area is 124 Å². The Morgan fingerprint density at radius 1 is 1.10 bits per heavy atom. The number of ether oxygens (including phenoxy) is 1. The van der Waals surface area contributed by atoms with Crippen molar-refractivity contribution in [2.24, 2.45) is 0 Å². The first-order chi connectivity index (χ1) is 9.52. The molecule has 0 aliphatic heterocycles. The smallest absolute Gasteiger partial charge is 0.253 e. The Hall–Kier alpha value is -1.94. The predicted molar refractivity (Wildman–Crippen MR) is 83.7 cm³/mol. The molecule has 0 heterocycles. The van der Waals surface area contributed by atoms with Gasteiger partial charge in [-0.2, -0.15) is 0 Å². The number of hydrogen-bond acceptors (Lipinski definition) is 3. The van der Waals surface area contributed by atoms with Gasteiger partial charge in [-0.3, -0.25) is 4.79 Å². The van der Waals surface area contributed by atoms with Crippen molar-refractivity contribution in [3.05, 3.63) is 48.0 Å². The Kier molecular flexibility index (Phi) is 4.35. The van der Waals surface area contributed by atoms with E-state index in [1.807, 2.05) is 42.5 Å². The van der Waals surface area contributed by atoms with Gasteiger partial charge in [0.2, 0.25) is 0 Å². The lowest BCUT2D eigenvalue weighted by atomic mass is 10.0. The van der Waals surface area contributed by atoms with Crippen LogP contribution in [0.1, 0.15) is 10.4 Å². The van der Waals surface area contributed by atoms with E-state index in [4.69, 9.17) is 4.74 Å². The summed E-state index contributed by atoms with van der Waals surface area (Å²) in [4.78, 5) is 14.3. The number of methoxy groups -OCH3 is 1. The van der Waals surface area contributed by atoms with Gasteiger partial charge in [0.1, 0.15) is 5.75 Å².